The third-order valence-corrected chi connectivity index (χ3v) is 3.78. The van der Waals surface area contributed by atoms with E-state index in [1.54, 1.807) is 25.4 Å². The molecule has 0 bridgehead atoms. The van der Waals surface area contributed by atoms with Crippen LogP contribution >= 0.6 is 11.6 Å². The Morgan fingerprint density at radius 1 is 1.17 bits per heavy atom. The summed E-state index contributed by atoms with van der Waals surface area (Å²) in [5.74, 6) is 0.459. The number of rotatable bonds is 4. The van der Waals surface area contributed by atoms with E-state index in [1.807, 2.05) is 36.4 Å². The summed E-state index contributed by atoms with van der Waals surface area (Å²) < 4.78 is 5.32. The van der Waals surface area contributed by atoms with Gasteiger partial charge in [0.2, 0.25) is 5.88 Å². The molecule has 0 aliphatic carbocycles. The Hall–Kier alpha value is -2.90. The SMILES string of the molecule is COc1ncc(Cc2ccc(C#N)cc2)nc1-c1cccc(Cl)c1. The average molecular weight is 336 g/mol. The van der Waals surface area contributed by atoms with Crippen molar-refractivity contribution in [1.82, 2.24) is 9.97 Å². The van der Waals surface area contributed by atoms with Crippen LogP contribution in [0.1, 0.15) is 16.8 Å². The predicted octanol–water partition coefficient (Wildman–Crippen LogP) is 4.27. The summed E-state index contributed by atoms with van der Waals surface area (Å²) in [6.45, 7) is 0. The molecule has 0 amide bonds. The number of nitriles is 1. The van der Waals surface area contributed by atoms with Crippen LogP contribution in [-0.2, 0) is 6.42 Å². The monoisotopic (exact) mass is 335 g/mol. The van der Waals surface area contributed by atoms with Gasteiger partial charge in [-0.15, -0.1) is 0 Å². The highest BCUT2D eigenvalue weighted by Gasteiger charge is 2.11. The molecule has 0 saturated heterocycles. The Bertz CT molecular complexity index is 901. The zero-order valence-corrected chi connectivity index (χ0v) is 13.8. The van der Waals surface area contributed by atoms with E-state index in [0.29, 0.717) is 28.6 Å². The minimum Gasteiger partial charge on any atom is -0.479 e. The first-order valence-corrected chi connectivity index (χ1v) is 7.72. The first-order valence-electron chi connectivity index (χ1n) is 7.34. The van der Waals surface area contributed by atoms with Crippen LogP contribution in [0.5, 0.6) is 5.88 Å². The third kappa shape index (κ3) is 3.53. The van der Waals surface area contributed by atoms with Crippen LogP contribution in [0.2, 0.25) is 5.02 Å². The quantitative estimate of drug-likeness (QED) is 0.714. The highest BCUT2D eigenvalue weighted by Crippen LogP contribution is 2.28. The molecule has 0 aliphatic rings. The Labute approximate surface area is 145 Å². The minimum absolute atomic E-state index is 0.459. The zero-order valence-electron chi connectivity index (χ0n) is 13.0. The lowest BCUT2D eigenvalue weighted by molar-refractivity contribution is 0.397. The maximum atomic E-state index is 8.86. The van der Waals surface area contributed by atoms with Crippen molar-refractivity contribution in [3.8, 4) is 23.2 Å². The van der Waals surface area contributed by atoms with E-state index in [-0.39, 0.29) is 0 Å². The number of nitrogens with zero attached hydrogens (tertiary/aromatic N) is 3. The normalized spacial score (nSPS) is 10.2. The molecule has 0 unspecified atom stereocenters. The zero-order chi connectivity index (χ0) is 16.9. The van der Waals surface area contributed by atoms with E-state index in [4.69, 9.17) is 21.6 Å². The minimum atomic E-state index is 0.459. The number of hydrogen-bond acceptors (Lipinski definition) is 4. The van der Waals surface area contributed by atoms with E-state index >= 15 is 0 Å². The Kier molecular flexibility index (Phi) is 4.74. The van der Waals surface area contributed by atoms with Crippen molar-refractivity contribution in [2.75, 3.05) is 7.11 Å². The van der Waals surface area contributed by atoms with Crippen molar-refractivity contribution in [1.29, 1.82) is 5.26 Å². The first kappa shape index (κ1) is 16.0. The van der Waals surface area contributed by atoms with Crippen molar-refractivity contribution >= 4 is 11.6 Å². The fourth-order valence-corrected chi connectivity index (χ4v) is 2.57. The summed E-state index contributed by atoms with van der Waals surface area (Å²) >= 11 is 6.07. The summed E-state index contributed by atoms with van der Waals surface area (Å²) in [6.07, 6.45) is 2.32. The van der Waals surface area contributed by atoms with Gasteiger partial charge in [-0.2, -0.15) is 5.26 Å². The number of halogens is 1. The molecule has 1 heterocycles. The van der Waals surface area contributed by atoms with Crippen LogP contribution < -0.4 is 4.74 Å². The molecule has 2 aromatic carbocycles. The molecule has 0 N–H and O–H groups in total. The van der Waals surface area contributed by atoms with Crippen LogP contribution in [0, 0.1) is 11.3 Å². The molecule has 0 spiro atoms. The summed E-state index contributed by atoms with van der Waals surface area (Å²) in [6, 6.07) is 17.0. The summed E-state index contributed by atoms with van der Waals surface area (Å²) in [7, 11) is 1.57. The van der Waals surface area contributed by atoms with E-state index in [9.17, 15) is 0 Å². The van der Waals surface area contributed by atoms with E-state index in [0.717, 1.165) is 16.8 Å². The molecule has 118 valence electrons. The fraction of sp³-hybridized carbons (Fsp3) is 0.105. The number of aromatic nitrogens is 2. The molecule has 4 nitrogen and oxygen atoms in total. The lowest BCUT2D eigenvalue weighted by Crippen LogP contribution is -2.00. The molecule has 24 heavy (non-hydrogen) atoms. The smallest absolute Gasteiger partial charge is 0.240 e. The fourth-order valence-electron chi connectivity index (χ4n) is 2.38. The van der Waals surface area contributed by atoms with Crippen molar-refractivity contribution in [3.63, 3.8) is 0 Å². The number of hydrogen-bond donors (Lipinski definition) is 0. The van der Waals surface area contributed by atoms with Gasteiger partial charge >= 0.3 is 0 Å². The van der Waals surface area contributed by atoms with Gasteiger partial charge in [-0.1, -0.05) is 35.9 Å². The largest absolute Gasteiger partial charge is 0.479 e. The van der Waals surface area contributed by atoms with Crippen molar-refractivity contribution < 1.29 is 4.74 Å². The van der Waals surface area contributed by atoms with Crippen molar-refractivity contribution in [2.45, 2.75) is 6.42 Å². The van der Waals surface area contributed by atoms with Crippen LogP contribution in [0.4, 0.5) is 0 Å². The Morgan fingerprint density at radius 2 is 1.96 bits per heavy atom. The summed E-state index contributed by atoms with van der Waals surface area (Å²) in [5.41, 5.74) is 4.03. The molecule has 1 aromatic heterocycles. The van der Waals surface area contributed by atoms with Crippen LogP contribution in [0.3, 0.4) is 0 Å². The number of benzene rings is 2. The van der Waals surface area contributed by atoms with E-state index in [2.05, 4.69) is 16.0 Å². The second-order valence-corrected chi connectivity index (χ2v) is 5.65. The molecule has 0 atom stereocenters. The van der Waals surface area contributed by atoms with Crippen molar-refractivity contribution in [2.24, 2.45) is 0 Å². The molecule has 0 fully saturated rings. The van der Waals surface area contributed by atoms with Gasteiger partial charge < -0.3 is 4.74 Å². The average Bonchev–Trinajstić information content (AvgIpc) is 2.62. The van der Waals surface area contributed by atoms with Gasteiger partial charge in [0.1, 0.15) is 5.69 Å². The van der Waals surface area contributed by atoms with Gasteiger partial charge in [-0.05, 0) is 29.8 Å². The standard InChI is InChI=1S/C19H14ClN3O/c1-24-19-18(15-3-2-4-16(20)10-15)23-17(12-22-19)9-13-5-7-14(11-21)8-6-13/h2-8,10,12H,9H2,1H3. The van der Waals surface area contributed by atoms with Gasteiger partial charge in [0.25, 0.3) is 0 Å². The number of ether oxygens (including phenoxy) is 1. The topological polar surface area (TPSA) is 58.8 Å². The maximum Gasteiger partial charge on any atom is 0.240 e. The highest BCUT2D eigenvalue weighted by molar-refractivity contribution is 6.30. The van der Waals surface area contributed by atoms with E-state index in [1.165, 1.54) is 0 Å². The predicted molar refractivity (Wildman–Crippen MR) is 93.0 cm³/mol. The lowest BCUT2D eigenvalue weighted by atomic mass is 10.1. The van der Waals surface area contributed by atoms with Gasteiger partial charge in [0, 0.05) is 17.0 Å². The first-order chi connectivity index (χ1) is 11.7. The molecule has 3 rings (SSSR count). The van der Waals surface area contributed by atoms with Gasteiger partial charge in [0.15, 0.2) is 0 Å². The molecule has 0 aliphatic heterocycles. The van der Waals surface area contributed by atoms with Gasteiger partial charge in [-0.3, -0.25) is 0 Å². The van der Waals surface area contributed by atoms with Crippen LogP contribution in [0.25, 0.3) is 11.3 Å². The highest BCUT2D eigenvalue weighted by atomic mass is 35.5. The maximum absolute atomic E-state index is 8.86. The third-order valence-electron chi connectivity index (χ3n) is 3.55. The van der Waals surface area contributed by atoms with E-state index < -0.39 is 0 Å². The molecule has 3 aromatic rings. The molecular weight excluding hydrogens is 322 g/mol. The van der Waals surface area contributed by atoms with Crippen LogP contribution in [0.15, 0.2) is 54.7 Å². The second-order valence-electron chi connectivity index (χ2n) is 5.22. The number of methoxy groups -OCH3 is 1. The molecular formula is C19H14ClN3O. The van der Waals surface area contributed by atoms with Gasteiger partial charge in [-0.25, -0.2) is 9.97 Å². The Balaban J connectivity index is 1.95. The summed E-state index contributed by atoms with van der Waals surface area (Å²) in [4.78, 5) is 9.03. The second kappa shape index (κ2) is 7.12. The molecule has 0 saturated carbocycles. The lowest BCUT2D eigenvalue weighted by Gasteiger charge is -2.09. The van der Waals surface area contributed by atoms with Gasteiger partial charge in [0.05, 0.1) is 30.6 Å². The molecule has 5 heteroatoms. The molecule has 0 radical (unpaired) electrons. The summed E-state index contributed by atoms with van der Waals surface area (Å²) in [5, 5.41) is 9.50. The Morgan fingerprint density at radius 3 is 2.62 bits per heavy atom. The van der Waals surface area contributed by atoms with Crippen LogP contribution in [-0.4, -0.2) is 17.1 Å². The van der Waals surface area contributed by atoms with Crippen molar-refractivity contribution in [3.05, 3.63) is 76.6 Å².